The third-order valence-corrected chi connectivity index (χ3v) is 2.82. The third kappa shape index (κ3) is 2.94. The summed E-state index contributed by atoms with van der Waals surface area (Å²) in [6.45, 7) is 0. The number of nitrogens with zero attached hydrogens (tertiary/aromatic N) is 2. The molecule has 0 aliphatic carbocycles. The number of ether oxygens (including phenoxy) is 1. The van der Waals surface area contributed by atoms with Crippen LogP contribution in [0.25, 0.3) is 0 Å². The van der Waals surface area contributed by atoms with Crippen LogP contribution in [0.15, 0.2) is 34.8 Å². The molecule has 4 nitrogen and oxygen atoms in total. The maximum Gasteiger partial charge on any atom is 0.247 e. The number of phenolic OH excluding ortho intramolecular Hbond substituents is 1. The van der Waals surface area contributed by atoms with Crippen LogP contribution in [0.2, 0.25) is 0 Å². The van der Waals surface area contributed by atoms with Gasteiger partial charge in [-0.05, 0) is 39.7 Å². The lowest BCUT2D eigenvalue weighted by Gasteiger charge is -2.04. The van der Waals surface area contributed by atoms with Gasteiger partial charge >= 0.3 is 0 Å². The summed E-state index contributed by atoms with van der Waals surface area (Å²) >= 11 is 3.36. The van der Waals surface area contributed by atoms with Crippen molar-refractivity contribution in [3.8, 4) is 11.6 Å². The van der Waals surface area contributed by atoms with Crippen molar-refractivity contribution >= 4 is 15.9 Å². The van der Waals surface area contributed by atoms with Gasteiger partial charge in [0.15, 0.2) is 0 Å². The van der Waals surface area contributed by atoms with Crippen LogP contribution in [0, 0.1) is 0 Å². The summed E-state index contributed by atoms with van der Waals surface area (Å²) in [4.78, 5) is 0. The van der Waals surface area contributed by atoms with Crippen molar-refractivity contribution in [3.63, 3.8) is 0 Å². The first-order valence-electron chi connectivity index (χ1n) is 5.03. The molecule has 0 amide bonds. The maximum absolute atomic E-state index is 9.36. The molecule has 0 atom stereocenters. The van der Waals surface area contributed by atoms with Crippen molar-refractivity contribution < 1.29 is 9.84 Å². The molecule has 0 spiro atoms. The molecule has 0 unspecified atom stereocenters. The monoisotopic (exact) mass is 294 g/mol. The van der Waals surface area contributed by atoms with Crippen LogP contribution in [0.4, 0.5) is 0 Å². The second-order valence-corrected chi connectivity index (χ2v) is 4.39. The third-order valence-electron chi connectivity index (χ3n) is 2.26. The zero-order chi connectivity index (χ0) is 12.3. The highest BCUT2D eigenvalue weighted by molar-refractivity contribution is 9.10. The molecular formula is C12H11BrN2O2. The molecule has 0 fully saturated rings. The molecule has 1 heterocycles. The first kappa shape index (κ1) is 11.9. The molecule has 2 rings (SSSR count). The summed E-state index contributed by atoms with van der Waals surface area (Å²) in [5.41, 5.74) is 1.79. The molecule has 0 saturated heterocycles. The Kier molecular flexibility index (Phi) is 3.58. The summed E-state index contributed by atoms with van der Waals surface area (Å²) in [7, 11) is 1.55. The fraction of sp³-hybridized carbons (Fsp3) is 0.167. The van der Waals surface area contributed by atoms with Crippen molar-refractivity contribution in [2.24, 2.45) is 0 Å². The topological polar surface area (TPSA) is 55.2 Å². The van der Waals surface area contributed by atoms with E-state index in [-0.39, 0.29) is 5.75 Å². The van der Waals surface area contributed by atoms with Gasteiger partial charge in [-0.3, -0.25) is 0 Å². The second-order valence-electron chi connectivity index (χ2n) is 3.54. The predicted octanol–water partition coefficient (Wildman–Crippen LogP) is 2.54. The average molecular weight is 295 g/mol. The number of halogens is 1. The van der Waals surface area contributed by atoms with Gasteiger partial charge in [-0.2, -0.15) is 5.10 Å². The smallest absolute Gasteiger partial charge is 0.247 e. The Hall–Kier alpha value is -1.62. The van der Waals surface area contributed by atoms with Crippen molar-refractivity contribution in [1.82, 2.24) is 10.2 Å². The normalized spacial score (nSPS) is 10.2. The number of hydrogen-bond acceptors (Lipinski definition) is 4. The predicted molar refractivity (Wildman–Crippen MR) is 67.2 cm³/mol. The number of aromatic nitrogens is 2. The van der Waals surface area contributed by atoms with Crippen LogP contribution in [-0.2, 0) is 6.42 Å². The van der Waals surface area contributed by atoms with Crippen LogP contribution in [0.3, 0.4) is 0 Å². The molecule has 1 aromatic heterocycles. The lowest BCUT2D eigenvalue weighted by atomic mass is 10.1. The number of rotatable bonds is 3. The van der Waals surface area contributed by atoms with Crippen LogP contribution in [-0.4, -0.2) is 22.4 Å². The molecule has 88 valence electrons. The lowest BCUT2D eigenvalue weighted by molar-refractivity contribution is 0.388. The molecule has 0 aliphatic rings. The minimum Gasteiger partial charge on any atom is -0.508 e. The molecule has 0 bridgehead atoms. The van der Waals surface area contributed by atoms with Crippen molar-refractivity contribution in [2.75, 3.05) is 7.11 Å². The highest BCUT2D eigenvalue weighted by atomic mass is 79.9. The van der Waals surface area contributed by atoms with Gasteiger partial charge in [-0.25, -0.2) is 0 Å². The van der Waals surface area contributed by atoms with Gasteiger partial charge in [0.25, 0.3) is 0 Å². The van der Waals surface area contributed by atoms with E-state index in [1.165, 1.54) is 0 Å². The van der Waals surface area contributed by atoms with E-state index in [0.717, 1.165) is 15.7 Å². The molecule has 2 aromatic rings. The van der Waals surface area contributed by atoms with E-state index in [4.69, 9.17) is 4.74 Å². The van der Waals surface area contributed by atoms with Gasteiger partial charge in [-0.15, -0.1) is 5.10 Å². The Balaban J connectivity index is 2.22. The SMILES string of the molecule is COc1nnc(Cc2cccc(O)c2)cc1Br. The average Bonchev–Trinajstić information content (AvgIpc) is 2.29. The van der Waals surface area contributed by atoms with Crippen molar-refractivity contribution in [3.05, 3.63) is 46.1 Å². The standard InChI is InChI=1S/C12H11BrN2O2/c1-17-12-11(13)7-9(14-15-12)5-8-3-2-4-10(16)6-8/h2-4,6-7,16H,5H2,1H3. The molecule has 0 radical (unpaired) electrons. The molecule has 17 heavy (non-hydrogen) atoms. The zero-order valence-electron chi connectivity index (χ0n) is 9.22. The first-order valence-corrected chi connectivity index (χ1v) is 5.82. The Morgan fingerprint density at radius 2 is 2.12 bits per heavy atom. The summed E-state index contributed by atoms with van der Waals surface area (Å²) < 4.78 is 5.78. The summed E-state index contributed by atoms with van der Waals surface area (Å²) in [5, 5.41) is 17.3. The van der Waals surface area contributed by atoms with Gasteiger partial charge in [0.1, 0.15) is 5.75 Å². The van der Waals surface area contributed by atoms with E-state index in [2.05, 4.69) is 26.1 Å². The van der Waals surface area contributed by atoms with E-state index in [0.29, 0.717) is 12.3 Å². The Morgan fingerprint density at radius 1 is 1.29 bits per heavy atom. The Bertz CT molecular complexity index is 532. The first-order chi connectivity index (χ1) is 8.19. The highest BCUT2D eigenvalue weighted by Gasteiger charge is 2.05. The summed E-state index contributed by atoms with van der Waals surface area (Å²) in [6, 6.07) is 8.94. The number of methoxy groups -OCH3 is 1. The number of benzene rings is 1. The van der Waals surface area contributed by atoms with E-state index < -0.39 is 0 Å². The van der Waals surface area contributed by atoms with Crippen molar-refractivity contribution in [2.45, 2.75) is 6.42 Å². The van der Waals surface area contributed by atoms with Gasteiger partial charge in [0.2, 0.25) is 5.88 Å². The van der Waals surface area contributed by atoms with Crippen LogP contribution >= 0.6 is 15.9 Å². The number of phenols is 1. The fourth-order valence-corrected chi connectivity index (χ4v) is 2.00. The minimum atomic E-state index is 0.253. The van der Waals surface area contributed by atoms with Crippen LogP contribution < -0.4 is 4.74 Å². The molecular weight excluding hydrogens is 284 g/mol. The molecule has 5 heteroatoms. The Labute approximate surface area is 107 Å². The van der Waals surface area contributed by atoms with Crippen LogP contribution in [0.5, 0.6) is 11.6 Å². The second kappa shape index (κ2) is 5.14. The van der Waals surface area contributed by atoms with Crippen molar-refractivity contribution in [1.29, 1.82) is 0 Å². The quantitative estimate of drug-likeness (QED) is 0.945. The largest absolute Gasteiger partial charge is 0.508 e. The number of aromatic hydroxyl groups is 1. The van der Waals surface area contributed by atoms with Gasteiger partial charge in [0, 0.05) is 6.42 Å². The Morgan fingerprint density at radius 3 is 2.76 bits per heavy atom. The molecule has 0 saturated carbocycles. The highest BCUT2D eigenvalue weighted by Crippen LogP contribution is 2.22. The maximum atomic E-state index is 9.36. The molecule has 1 N–H and O–H groups in total. The van der Waals surface area contributed by atoms with Gasteiger partial charge in [0.05, 0.1) is 17.3 Å². The van der Waals surface area contributed by atoms with E-state index in [1.807, 2.05) is 12.1 Å². The summed E-state index contributed by atoms with van der Waals surface area (Å²) in [6.07, 6.45) is 0.615. The van der Waals surface area contributed by atoms with Gasteiger partial charge in [-0.1, -0.05) is 12.1 Å². The molecule has 1 aromatic carbocycles. The van der Waals surface area contributed by atoms with E-state index in [9.17, 15) is 5.11 Å². The van der Waals surface area contributed by atoms with E-state index in [1.54, 1.807) is 25.3 Å². The fourth-order valence-electron chi connectivity index (χ4n) is 1.49. The summed E-state index contributed by atoms with van der Waals surface area (Å²) in [5.74, 6) is 0.715. The minimum absolute atomic E-state index is 0.253. The molecule has 0 aliphatic heterocycles. The van der Waals surface area contributed by atoms with Crippen LogP contribution in [0.1, 0.15) is 11.3 Å². The zero-order valence-corrected chi connectivity index (χ0v) is 10.8. The van der Waals surface area contributed by atoms with Gasteiger partial charge < -0.3 is 9.84 Å². The number of hydrogen-bond donors (Lipinski definition) is 1. The van der Waals surface area contributed by atoms with E-state index >= 15 is 0 Å². The lowest BCUT2D eigenvalue weighted by Crippen LogP contribution is -1.98.